The van der Waals surface area contributed by atoms with Crippen LogP contribution in [-0.4, -0.2) is 13.2 Å². The zero-order valence-corrected chi connectivity index (χ0v) is 9.46. The molecule has 0 aliphatic heterocycles. The molecule has 84 valence electrons. The van der Waals surface area contributed by atoms with Crippen LogP contribution in [0, 0.1) is 11.7 Å². The summed E-state index contributed by atoms with van der Waals surface area (Å²) in [6.45, 7) is 3.96. The minimum absolute atomic E-state index is 0.0755. The van der Waals surface area contributed by atoms with Crippen LogP contribution in [0.2, 0.25) is 0 Å². The largest absolute Gasteiger partial charge is 0.497 e. The fraction of sp³-hybridized carbons (Fsp3) is 0.500. The van der Waals surface area contributed by atoms with E-state index in [4.69, 9.17) is 10.5 Å². The highest BCUT2D eigenvalue weighted by molar-refractivity contribution is 5.29. The number of rotatable bonds is 4. The first-order valence-electron chi connectivity index (χ1n) is 5.12. The Morgan fingerprint density at radius 3 is 2.53 bits per heavy atom. The SMILES string of the molecule is COc1ccc(CC(C)C(C)N)c(F)c1. The van der Waals surface area contributed by atoms with Gasteiger partial charge in [-0.1, -0.05) is 13.0 Å². The van der Waals surface area contributed by atoms with Gasteiger partial charge in [0.15, 0.2) is 0 Å². The van der Waals surface area contributed by atoms with Crippen LogP contribution in [0.5, 0.6) is 5.75 Å². The van der Waals surface area contributed by atoms with Crippen LogP contribution in [0.4, 0.5) is 4.39 Å². The van der Waals surface area contributed by atoms with E-state index in [0.717, 1.165) is 0 Å². The third-order valence-electron chi connectivity index (χ3n) is 2.70. The normalized spacial score (nSPS) is 14.7. The van der Waals surface area contributed by atoms with Gasteiger partial charge in [0, 0.05) is 12.1 Å². The van der Waals surface area contributed by atoms with E-state index in [2.05, 4.69) is 0 Å². The fourth-order valence-corrected chi connectivity index (χ4v) is 1.35. The molecule has 0 aliphatic rings. The summed E-state index contributed by atoms with van der Waals surface area (Å²) in [7, 11) is 1.53. The molecule has 0 aliphatic carbocycles. The molecule has 1 aromatic rings. The number of nitrogens with two attached hydrogens (primary N) is 1. The maximum Gasteiger partial charge on any atom is 0.130 e. The standard InChI is InChI=1S/C12H18FNO/c1-8(9(2)14)6-10-4-5-11(15-3)7-12(10)13/h4-5,7-9H,6,14H2,1-3H3. The summed E-state index contributed by atoms with van der Waals surface area (Å²) in [4.78, 5) is 0. The van der Waals surface area contributed by atoms with Crippen LogP contribution >= 0.6 is 0 Å². The van der Waals surface area contributed by atoms with E-state index in [1.54, 1.807) is 12.1 Å². The zero-order valence-electron chi connectivity index (χ0n) is 9.46. The molecule has 1 rings (SSSR count). The third kappa shape index (κ3) is 3.20. The minimum atomic E-state index is -0.221. The van der Waals surface area contributed by atoms with E-state index in [-0.39, 0.29) is 17.8 Å². The molecule has 0 saturated carbocycles. The minimum Gasteiger partial charge on any atom is -0.497 e. The molecule has 0 heterocycles. The maximum atomic E-state index is 13.5. The average Bonchev–Trinajstić information content (AvgIpc) is 2.20. The molecule has 0 spiro atoms. The van der Waals surface area contributed by atoms with Crippen LogP contribution in [0.1, 0.15) is 19.4 Å². The first-order chi connectivity index (χ1) is 7.04. The van der Waals surface area contributed by atoms with Crippen LogP contribution in [0.3, 0.4) is 0 Å². The Morgan fingerprint density at radius 1 is 1.40 bits per heavy atom. The van der Waals surface area contributed by atoms with Gasteiger partial charge in [-0.05, 0) is 30.9 Å². The predicted octanol–water partition coefficient (Wildman–Crippen LogP) is 2.36. The van der Waals surface area contributed by atoms with Crippen molar-refractivity contribution < 1.29 is 9.13 Å². The number of hydrogen-bond donors (Lipinski definition) is 1. The molecule has 2 nitrogen and oxygen atoms in total. The van der Waals surface area contributed by atoms with Crippen molar-refractivity contribution in [1.29, 1.82) is 0 Å². The van der Waals surface area contributed by atoms with E-state index in [0.29, 0.717) is 17.7 Å². The molecule has 2 unspecified atom stereocenters. The summed E-state index contributed by atoms with van der Waals surface area (Å²) < 4.78 is 18.5. The van der Waals surface area contributed by atoms with Gasteiger partial charge in [0.2, 0.25) is 0 Å². The van der Waals surface area contributed by atoms with Crippen LogP contribution in [0.25, 0.3) is 0 Å². The van der Waals surface area contributed by atoms with E-state index in [1.807, 2.05) is 13.8 Å². The second kappa shape index (κ2) is 5.12. The van der Waals surface area contributed by atoms with Crippen molar-refractivity contribution in [3.8, 4) is 5.75 Å². The monoisotopic (exact) mass is 211 g/mol. The molecule has 1 aromatic carbocycles. The van der Waals surface area contributed by atoms with E-state index < -0.39 is 0 Å². The first kappa shape index (κ1) is 12.0. The number of ether oxygens (including phenoxy) is 1. The van der Waals surface area contributed by atoms with Crippen molar-refractivity contribution in [3.63, 3.8) is 0 Å². The van der Waals surface area contributed by atoms with E-state index >= 15 is 0 Å². The molecule has 0 aromatic heterocycles. The van der Waals surface area contributed by atoms with Gasteiger partial charge >= 0.3 is 0 Å². The summed E-state index contributed by atoms with van der Waals surface area (Å²) in [6, 6.07) is 5.01. The van der Waals surface area contributed by atoms with Gasteiger partial charge in [0.1, 0.15) is 11.6 Å². The van der Waals surface area contributed by atoms with Gasteiger partial charge in [-0.15, -0.1) is 0 Å². The van der Waals surface area contributed by atoms with E-state index in [9.17, 15) is 4.39 Å². The molecule has 15 heavy (non-hydrogen) atoms. The molecular weight excluding hydrogens is 193 g/mol. The lowest BCUT2D eigenvalue weighted by molar-refractivity contribution is 0.409. The van der Waals surface area contributed by atoms with Crippen LogP contribution < -0.4 is 10.5 Å². The smallest absolute Gasteiger partial charge is 0.130 e. The Balaban J connectivity index is 2.78. The number of halogens is 1. The quantitative estimate of drug-likeness (QED) is 0.829. The molecule has 3 heteroatoms. The van der Waals surface area contributed by atoms with Gasteiger partial charge in [0.05, 0.1) is 7.11 Å². The number of methoxy groups -OCH3 is 1. The van der Waals surface area contributed by atoms with Crippen molar-refractivity contribution in [3.05, 3.63) is 29.6 Å². The van der Waals surface area contributed by atoms with Gasteiger partial charge in [-0.3, -0.25) is 0 Å². The summed E-state index contributed by atoms with van der Waals surface area (Å²) >= 11 is 0. The Labute approximate surface area is 90.2 Å². The van der Waals surface area contributed by atoms with Crippen LogP contribution in [0.15, 0.2) is 18.2 Å². The van der Waals surface area contributed by atoms with Gasteiger partial charge in [0.25, 0.3) is 0 Å². The highest BCUT2D eigenvalue weighted by Crippen LogP contribution is 2.19. The summed E-state index contributed by atoms with van der Waals surface area (Å²) in [5.41, 5.74) is 6.44. The molecular formula is C12H18FNO. The zero-order chi connectivity index (χ0) is 11.4. The predicted molar refractivity (Wildman–Crippen MR) is 59.5 cm³/mol. The van der Waals surface area contributed by atoms with Gasteiger partial charge in [-0.2, -0.15) is 0 Å². The highest BCUT2D eigenvalue weighted by Gasteiger charge is 2.11. The molecule has 0 amide bonds. The lowest BCUT2D eigenvalue weighted by atomic mass is 9.95. The van der Waals surface area contributed by atoms with E-state index in [1.165, 1.54) is 13.2 Å². The van der Waals surface area contributed by atoms with Gasteiger partial charge < -0.3 is 10.5 Å². The fourth-order valence-electron chi connectivity index (χ4n) is 1.35. The Bertz CT molecular complexity index is 325. The van der Waals surface area contributed by atoms with Crippen molar-refractivity contribution in [2.75, 3.05) is 7.11 Å². The van der Waals surface area contributed by atoms with Crippen molar-refractivity contribution >= 4 is 0 Å². The topological polar surface area (TPSA) is 35.2 Å². The second-order valence-electron chi connectivity index (χ2n) is 4.00. The van der Waals surface area contributed by atoms with Crippen molar-refractivity contribution in [1.82, 2.24) is 0 Å². The number of benzene rings is 1. The molecule has 0 fully saturated rings. The molecule has 2 atom stereocenters. The first-order valence-corrected chi connectivity index (χ1v) is 5.12. The summed E-state index contributed by atoms with van der Waals surface area (Å²) in [5, 5.41) is 0. The Hall–Kier alpha value is -1.09. The molecule has 0 saturated heterocycles. The second-order valence-corrected chi connectivity index (χ2v) is 4.00. The Kier molecular flexibility index (Phi) is 4.09. The average molecular weight is 211 g/mol. The summed E-state index contributed by atoms with van der Waals surface area (Å²) in [6.07, 6.45) is 0.660. The third-order valence-corrected chi connectivity index (χ3v) is 2.70. The summed E-state index contributed by atoms with van der Waals surface area (Å²) in [5.74, 6) is 0.597. The number of hydrogen-bond acceptors (Lipinski definition) is 2. The molecule has 0 radical (unpaired) electrons. The van der Waals surface area contributed by atoms with Gasteiger partial charge in [-0.25, -0.2) is 4.39 Å². The van der Waals surface area contributed by atoms with Crippen molar-refractivity contribution in [2.45, 2.75) is 26.3 Å². The lowest BCUT2D eigenvalue weighted by Crippen LogP contribution is -2.26. The van der Waals surface area contributed by atoms with Crippen molar-refractivity contribution in [2.24, 2.45) is 11.7 Å². The Morgan fingerprint density at radius 2 is 2.07 bits per heavy atom. The van der Waals surface area contributed by atoms with Crippen LogP contribution in [-0.2, 0) is 6.42 Å². The lowest BCUT2D eigenvalue weighted by Gasteiger charge is -2.16. The maximum absolute atomic E-state index is 13.5. The molecule has 2 N–H and O–H groups in total. The molecule has 0 bridgehead atoms. The highest BCUT2D eigenvalue weighted by atomic mass is 19.1.